The van der Waals surface area contributed by atoms with E-state index in [-0.39, 0.29) is 12.5 Å². The van der Waals surface area contributed by atoms with E-state index < -0.39 is 18.5 Å². The van der Waals surface area contributed by atoms with Crippen LogP contribution in [-0.4, -0.2) is 23.2 Å². The molecule has 21 heavy (non-hydrogen) atoms. The van der Waals surface area contributed by atoms with Gasteiger partial charge in [-0.3, -0.25) is 4.79 Å². The van der Waals surface area contributed by atoms with Crippen LogP contribution in [0.5, 0.6) is 0 Å². The number of aryl methyl sites for hydroxylation is 1. The third-order valence-electron chi connectivity index (χ3n) is 3.34. The minimum Gasteiger partial charge on any atom is -0.352 e. The standard InChI is InChI=1S/C15H17F3N2O/c1-10(8-15(16,17)18)9-19-14(21)12-3-4-13-11(7-12)5-6-20(13)2/h3-7,10H,8-9H2,1-2H3,(H,19,21). The lowest BCUT2D eigenvalue weighted by atomic mass is 10.1. The van der Waals surface area contributed by atoms with Gasteiger partial charge in [-0.2, -0.15) is 13.2 Å². The summed E-state index contributed by atoms with van der Waals surface area (Å²) in [5.74, 6) is -0.996. The maximum absolute atomic E-state index is 12.2. The molecule has 0 aliphatic heterocycles. The lowest BCUT2D eigenvalue weighted by molar-refractivity contribution is -0.142. The third-order valence-corrected chi connectivity index (χ3v) is 3.34. The molecule has 1 N–H and O–H groups in total. The molecule has 0 aliphatic rings. The highest BCUT2D eigenvalue weighted by Crippen LogP contribution is 2.24. The zero-order chi connectivity index (χ0) is 15.6. The average molecular weight is 298 g/mol. The van der Waals surface area contributed by atoms with Crippen LogP contribution in [0.3, 0.4) is 0 Å². The minimum absolute atomic E-state index is 0.00513. The second-order valence-electron chi connectivity index (χ2n) is 5.33. The number of nitrogens with zero attached hydrogens (tertiary/aromatic N) is 1. The number of benzene rings is 1. The number of carbonyl (C=O) groups excluding carboxylic acids is 1. The van der Waals surface area contributed by atoms with E-state index in [1.54, 1.807) is 12.1 Å². The second-order valence-corrected chi connectivity index (χ2v) is 5.33. The Morgan fingerprint density at radius 1 is 1.33 bits per heavy atom. The van der Waals surface area contributed by atoms with Crippen LogP contribution in [0.25, 0.3) is 10.9 Å². The van der Waals surface area contributed by atoms with Gasteiger partial charge in [0.2, 0.25) is 0 Å². The molecule has 114 valence electrons. The number of aromatic nitrogens is 1. The Morgan fingerprint density at radius 3 is 2.71 bits per heavy atom. The van der Waals surface area contributed by atoms with Crippen molar-refractivity contribution in [3.8, 4) is 0 Å². The van der Waals surface area contributed by atoms with Gasteiger partial charge >= 0.3 is 6.18 Å². The Kier molecular flexibility index (Phi) is 4.25. The van der Waals surface area contributed by atoms with Crippen molar-refractivity contribution < 1.29 is 18.0 Å². The van der Waals surface area contributed by atoms with Gasteiger partial charge in [0.15, 0.2) is 0 Å². The third kappa shape index (κ3) is 4.00. The van der Waals surface area contributed by atoms with Gasteiger partial charge in [-0.25, -0.2) is 0 Å². The van der Waals surface area contributed by atoms with Crippen molar-refractivity contribution in [1.29, 1.82) is 0 Å². The predicted octanol–water partition coefficient (Wildman–Crippen LogP) is 3.50. The first kappa shape index (κ1) is 15.4. The SMILES string of the molecule is CC(CNC(=O)c1ccc2c(ccn2C)c1)CC(F)(F)F. The Bertz CT molecular complexity index is 646. The van der Waals surface area contributed by atoms with Crippen molar-refractivity contribution in [1.82, 2.24) is 9.88 Å². The first-order valence-corrected chi connectivity index (χ1v) is 6.66. The lowest BCUT2D eigenvalue weighted by Gasteiger charge is -2.14. The van der Waals surface area contributed by atoms with E-state index in [2.05, 4.69) is 5.32 Å². The summed E-state index contributed by atoms with van der Waals surface area (Å²) >= 11 is 0. The summed E-state index contributed by atoms with van der Waals surface area (Å²) in [5, 5.41) is 3.47. The monoisotopic (exact) mass is 298 g/mol. The average Bonchev–Trinajstić information content (AvgIpc) is 2.75. The lowest BCUT2D eigenvalue weighted by Crippen LogP contribution is -2.30. The summed E-state index contributed by atoms with van der Waals surface area (Å²) in [4.78, 5) is 12.0. The Balaban J connectivity index is 1.99. The molecule has 0 saturated carbocycles. The Labute approximate surface area is 120 Å². The molecule has 0 aliphatic carbocycles. The van der Waals surface area contributed by atoms with Gasteiger partial charge < -0.3 is 9.88 Å². The topological polar surface area (TPSA) is 34.0 Å². The molecule has 1 aromatic carbocycles. The van der Waals surface area contributed by atoms with Gasteiger partial charge in [-0.15, -0.1) is 0 Å². The highest BCUT2D eigenvalue weighted by Gasteiger charge is 2.29. The van der Waals surface area contributed by atoms with Crippen molar-refractivity contribution >= 4 is 16.8 Å². The molecule has 0 fully saturated rings. The fourth-order valence-electron chi connectivity index (χ4n) is 2.26. The van der Waals surface area contributed by atoms with Crippen LogP contribution in [0.4, 0.5) is 13.2 Å². The molecular weight excluding hydrogens is 281 g/mol. The van der Waals surface area contributed by atoms with Gasteiger partial charge in [-0.1, -0.05) is 6.92 Å². The van der Waals surface area contributed by atoms with Gasteiger partial charge in [-0.05, 0) is 30.2 Å². The van der Waals surface area contributed by atoms with Crippen LogP contribution in [-0.2, 0) is 7.05 Å². The number of rotatable bonds is 4. The number of fused-ring (bicyclic) bond motifs is 1. The van der Waals surface area contributed by atoms with E-state index in [0.29, 0.717) is 5.56 Å². The van der Waals surface area contributed by atoms with E-state index >= 15 is 0 Å². The summed E-state index contributed by atoms with van der Waals surface area (Å²) in [6.45, 7) is 1.47. The van der Waals surface area contributed by atoms with Crippen LogP contribution < -0.4 is 5.32 Å². The molecule has 0 radical (unpaired) electrons. The number of carbonyl (C=O) groups is 1. The van der Waals surface area contributed by atoms with Gasteiger partial charge in [0.05, 0.1) is 0 Å². The van der Waals surface area contributed by atoms with E-state index in [1.165, 1.54) is 6.92 Å². The number of nitrogens with one attached hydrogen (secondary N) is 1. The number of halogens is 3. The second kappa shape index (κ2) is 5.79. The van der Waals surface area contributed by atoms with Crippen molar-refractivity contribution in [2.45, 2.75) is 19.5 Å². The molecule has 1 heterocycles. The van der Waals surface area contributed by atoms with Gasteiger partial charge in [0.25, 0.3) is 5.91 Å². The molecule has 6 heteroatoms. The predicted molar refractivity (Wildman–Crippen MR) is 75.1 cm³/mol. The molecule has 2 aromatic rings. The summed E-state index contributed by atoms with van der Waals surface area (Å²) in [7, 11) is 1.90. The quantitative estimate of drug-likeness (QED) is 0.921. The number of hydrogen-bond acceptors (Lipinski definition) is 1. The first-order chi connectivity index (χ1) is 9.76. The highest BCUT2D eigenvalue weighted by atomic mass is 19.4. The number of hydrogen-bond donors (Lipinski definition) is 1. The molecule has 1 unspecified atom stereocenters. The van der Waals surface area contributed by atoms with Crippen molar-refractivity contribution in [2.24, 2.45) is 13.0 Å². The maximum Gasteiger partial charge on any atom is 0.389 e. The van der Waals surface area contributed by atoms with Crippen molar-refractivity contribution in [2.75, 3.05) is 6.54 Å². The Morgan fingerprint density at radius 2 is 2.05 bits per heavy atom. The van der Waals surface area contributed by atoms with Crippen LogP contribution in [0.2, 0.25) is 0 Å². The zero-order valence-electron chi connectivity index (χ0n) is 11.9. The van der Waals surface area contributed by atoms with Crippen LogP contribution in [0.15, 0.2) is 30.5 Å². The highest BCUT2D eigenvalue weighted by molar-refractivity contribution is 5.98. The zero-order valence-corrected chi connectivity index (χ0v) is 11.9. The van der Waals surface area contributed by atoms with Crippen LogP contribution >= 0.6 is 0 Å². The smallest absolute Gasteiger partial charge is 0.352 e. The number of amides is 1. The molecule has 2 rings (SSSR count). The fourth-order valence-corrected chi connectivity index (χ4v) is 2.26. The fraction of sp³-hybridized carbons (Fsp3) is 0.400. The minimum atomic E-state index is -4.20. The van der Waals surface area contributed by atoms with Gasteiger partial charge in [0, 0.05) is 42.7 Å². The molecule has 1 atom stereocenters. The summed E-state index contributed by atoms with van der Waals surface area (Å²) < 4.78 is 38.6. The normalized spacial score (nSPS) is 13.4. The van der Waals surface area contributed by atoms with Crippen molar-refractivity contribution in [3.05, 3.63) is 36.0 Å². The maximum atomic E-state index is 12.2. The largest absolute Gasteiger partial charge is 0.389 e. The molecule has 1 aromatic heterocycles. The summed E-state index contributed by atoms with van der Waals surface area (Å²) in [5.41, 5.74) is 1.45. The Hall–Kier alpha value is -1.98. The summed E-state index contributed by atoms with van der Waals surface area (Å²) in [6.07, 6.45) is -3.21. The molecule has 1 amide bonds. The molecular formula is C15H17F3N2O. The van der Waals surface area contributed by atoms with E-state index in [9.17, 15) is 18.0 Å². The van der Waals surface area contributed by atoms with E-state index in [0.717, 1.165) is 10.9 Å². The molecule has 0 bridgehead atoms. The van der Waals surface area contributed by atoms with Crippen LogP contribution in [0.1, 0.15) is 23.7 Å². The van der Waals surface area contributed by atoms with Crippen LogP contribution in [0, 0.1) is 5.92 Å². The van der Waals surface area contributed by atoms with Crippen molar-refractivity contribution in [3.63, 3.8) is 0 Å². The molecule has 3 nitrogen and oxygen atoms in total. The molecule has 0 spiro atoms. The molecule has 0 saturated heterocycles. The van der Waals surface area contributed by atoms with E-state index in [4.69, 9.17) is 0 Å². The van der Waals surface area contributed by atoms with Gasteiger partial charge in [0.1, 0.15) is 0 Å². The summed E-state index contributed by atoms with van der Waals surface area (Å²) in [6, 6.07) is 7.12. The number of alkyl halides is 3. The first-order valence-electron chi connectivity index (χ1n) is 6.66. The van der Waals surface area contributed by atoms with E-state index in [1.807, 2.05) is 29.9 Å².